The largest absolute Gasteiger partial charge is 0.480 e. The zero-order chi connectivity index (χ0) is 15.3. The van der Waals surface area contributed by atoms with Gasteiger partial charge in [-0.3, -0.25) is 0 Å². The molecule has 0 aliphatic rings. The minimum absolute atomic E-state index is 0.185. The van der Waals surface area contributed by atoms with Gasteiger partial charge in [0, 0.05) is 10.2 Å². The van der Waals surface area contributed by atoms with Crippen LogP contribution in [0.2, 0.25) is 0 Å². The first-order valence-corrected chi connectivity index (χ1v) is 7.14. The van der Waals surface area contributed by atoms with Gasteiger partial charge in [0.2, 0.25) is 0 Å². The molecule has 0 aliphatic heterocycles. The zero-order valence-electron chi connectivity index (χ0n) is 11.7. The molecule has 110 valence electrons. The van der Waals surface area contributed by atoms with Crippen molar-refractivity contribution in [2.45, 2.75) is 33.2 Å². The molecule has 0 radical (unpaired) electrons. The molecule has 1 rings (SSSR count). The molecule has 0 saturated carbocycles. The highest BCUT2D eigenvalue weighted by Crippen LogP contribution is 2.19. The summed E-state index contributed by atoms with van der Waals surface area (Å²) in [6.45, 7) is 5.73. The summed E-state index contributed by atoms with van der Waals surface area (Å²) < 4.78 is 0.852. The molecule has 0 aromatic heterocycles. The number of rotatable bonds is 5. The summed E-state index contributed by atoms with van der Waals surface area (Å²) in [6, 6.07) is 4.08. The molecule has 0 heterocycles. The second kappa shape index (κ2) is 7.28. The highest BCUT2D eigenvalue weighted by Gasteiger charge is 2.21. The molecule has 0 spiro atoms. The van der Waals surface area contributed by atoms with Crippen molar-refractivity contribution in [1.29, 1.82) is 0 Å². The number of amides is 2. The van der Waals surface area contributed by atoms with E-state index in [9.17, 15) is 9.59 Å². The van der Waals surface area contributed by atoms with E-state index < -0.39 is 18.0 Å². The number of carbonyl (C=O) groups is 2. The summed E-state index contributed by atoms with van der Waals surface area (Å²) in [7, 11) is 0. The maximum absolute atomic E-state index is 11.8. The Morgan fingerprint density at radius 1 is 1.30 bits per heavy atom. The number of carboxylic acids is 1. The average Bonchev–Trinajstić information content (AvgIpc) is 2.25. The number of aryl methyl sites for hydroxylation is 1. The van der Waals surface area contributed by atoms with E-state index in [4.69, 9.17) is 5.11 Å². The lowest BCUT2D eigenvalue weighted by Crippen LogP contribution is -2.43. The lowest BCUT2D eigenvalue weighted by atomic mass is 10.0. The Kier molecular flexibility index (Phi) is 6.01. The van der Waals surface area contributed by atoms with Crippen molar-refractivity contribution in [3.05, 3.63) is 28.2 Å². The minimum Gasteiger partial charge on any atom is -0.480 e. The fourth-order valence-corrected chi connectivity index (χ4v) is 2.43. The number of benzene rings is 1. The Morgan fingerprint density at radius 2 is 1.95 bits per heavy atom. The third-order valence-corrected chi connectivity index (χ3v) is 3.07. The predicted octanol–water partition coefficient (Wildman–Crippen LogP) is 3.38. The van der Waals surface area contributed by atoms with E-state index in [1.165, 1.54) is 0 Å². The summed E-state index contributed by atoms with van der Waals surface area (Å²) in [5.74, 6) is -0.844. The van der Waals surface area contributed by atoms with Crippen LogP contribution in [0.15, 0.2) is 22.7 Å². The standard InChI is InChI=1S/C14H19BrN2O3/c1-8(2)4-12(13(18)19)17-14(20)16-11-6-9(3)5-10(15)7-11/h5-8,12H,4H2,1-3H3,(H,18,19)(H2,16,17,20). The molecule has 3 N–H and O–H groups in total. The molecule has 1 aromatic rings. The van der Waals surface area contributed by atoms with Gasteiger partial charge in [0.25, 0.3) is 0 Å². The van der Waals surface area contributed by atoms with Gasteiger partial charge in [-0.25, -0.2) is 9.59 Å². The minimum atomic E-state index is -1.03. The molecule has 5 nitrogen and oxygen atoms in total. The van der Waals surface area contributed by atoms with Crippen LogP contribution >= 0.6 is 15.9 Å². The lowest BCUT2D eigenvalue weighted by Gasteiger charge is -2.17. The third kappa shape index (κ3) is 5.61. The fraction of sp³-hybridized carbons (Fsp3) is 0.429. The van der Waals surface area contributed by atoms with E-state index in [2.05, 4.69) is 26.6 Å². The number of carboxylic acid groups (broad SMARTS) is 1. The van der Waals surface area contributed by atoms with Gasteiger partial charge in [0.15, 0.2) is 0 Å². The summed E-state index contributed by atoms with van der Waals surface area (Å²) in [4.78, 5) is 22.9. The molecule has 0 bridgehead atoms. The summed E-state index contributed by atoms with van der Waals surface area (Å²) in [5.41, 5.74) is 1.61. The Hall–Kier alpha value is -1.56. The van der Waals surface area contributed by atoms with E-state index in [0.717, 1.165) is 10.0 Å². The van der Waals surface area contributed by atoms with Crippen LogP contribution in [-0.4, -0.2) is 23.1 Å². The van der Waals surface area contributed by atoms with E-state index in [1.54, 1.807) is 6.07 Å². The first kappa shape index (κ1) is 16.5. The number of aliphatic carboxylic acids is 1. The van der Waals surface area contributed by atoms with E-state index >= 15 is 0 Å². The molecule has 2 amide bonds. The van der Waals surface area contributed by atoms with Gasteiger partial charge < -0.3 is 15.7 Å². The summed E-state index contributed by atoms with van der Waals surface area (Å²) >= 11 is 3.34. The van der Waals surface area contributed by atoms with Gasteiger partial charge in [-0.15, -0.1) is 0 Å². The topological polar surface area (TPSA) is 78.4 Å². The molecule has 20 heavy (non-hydrogen) atoms. The van der Waals surface area contributed by atoms with Crippen LogP contribution in [0, 0.1) is 12.8 Å². The third-order valence-electron chi connectivity index (χ3n) is 2.61. The van der Waals surface area contributed by atoms with E-state index in [1.807, 2.05) is 32.9 Å². The maximum atomic E-state index is 11.8. The van der Waals surface area contributed by atoms with Crippen LogP contribution < -0.4 is 10.6 Å². The van der Waals surface area contributed by atoms with Crippen LogP contribution in [0.3, 0.4) is 0 Å². The van der Waals surface area contributed by atoms with Gasteiger partial charge in [0.05, 0.1) is 0 Å². The number of urea groups is 1. The lowest BCUT2D eigenvalue weighted by molar-refractivity contribution is -0.139. The quantitative estimate of drug-likeness (QED) is 0.767. The van der Waals surface area contributed by atoms with E-state index in [0.29, 0.717) is 12.1 Å². The molecule has 0 aliphatic carbocycles. The fourth-order valence-electron chi connectivity index (χ4n) is 1.83. The van der Waals surface area contributed by atoms with Crippen molar-refractivity contribution in [1.82, 2.24) is 5.32 Å². The molecule has 0 saturated heterocycles. The molecule has 1 unspecified atom stereocenters. The Labute approximate surface area is 126 Å². The normalized spacial score (nSPS) is 12.1. The molecule has 6 heteroatoms. The monoisotopic (exact) mass is 342 g/mol. The van der Waals surface area contributed by atoms with Crippen LogP contribution in [0.4, 0.5) is 10.5 Å². The Bertz CT molecular complexity index is 483. The van der Waals surface area contributed by atoms with Crippen molar-refractivity contribution < 1.29 is 14.7 Å². The van der Waals surface area contributed by atoms with Gasteiger partial charge in [-0.05, 0) is 43.0 Å². The zero-order valence-corrected chi connectivity index (χ0v) is 13.3. The molecular weight excluding hydrogens is 324 g/mol. The van der Waals surface area contributed by atoms with Crippen LogP contribution in [0.25, 0.3) is 0 Å². The molecular formula is C14H19BrN2O3. The first-order chi connectivity index (χ1) is 9.27. The smallest absolute Gasteiger partial charge is 0.326 e. The van der Waals surface area contributed by atoms with Gasteiger partial charge >= 0.3 is 12.0 Å². The van der Waals surface area contributed by atoms with E-state index in [-0.39, 0.29) is 5.92 Å². The van der Waals surface area contributed by atoms with Crippen molar-refractivity contribution in [3.8, 4) is 0 Å². The summed E-state index contributed by atoms with van der Waals surface area (Å²) in [5, 5.41) is 14.2. The van der Waals surface area contributed by atoms with Gasteiger partial charge in [-0.1, -0.05) is 29.8 Å². The van der Waals surface area contributed by atoms with Crippen LogP contribution in [-0.2, 0) is 4.79 Å². The second-order valence-electron chi connectivity index (χ2n) is 5.14. The number of anilines is 1. The number of halogens is 1. The van der Waals surface area contributed by atoms with Crippen LogP contribution in [0.1, 0.15) is 25.8 Å². The average molecular weight is 343 g/mol. The first-order valence-electron chi connectivity index (χ1n) is 6.35. The van der Waals surface area contributed by atoms with Crippen LogP contribution in [0.5, 0.6) is 0 Å². The summed E-state index contributed by atoms with van der Waals surface area (Å²) in [6.07, 6.45) is 0.389. The van der Waals surface area contributed by atoms with Crippen molar-refractivity contribution in [2.75, 3.05) is 5.32 Å². The van der Waals surface area contributed by atoms with Crippen molar-refractivity contribution in [2.24, 2.45) is 5.92 Å². The second-order valence-corrected chi connectivity index (χ2v) is 6.05. The predicted molar refractivity (Wildman–Crippen MR) is 81.9 cm³/mol. The van der Waals surface area contributed by atoms with Crippen molar-refractivity contribution >= 4 is 33.6 Å². The number of hydrogen-bond donors (Lipinski definition) is 3. The molecule has 0 fully saturated rings. The number of carbonyl (C=O) groups excluding carboxylic acids is 1. The van der Waals surface area contributed by atoms with Gasteiger partial charge in [0.1, 0.15) is 6.04 Å². The highest BCUT2D eigenvalue weighted by atomic mass is 79.9. The van der Waals surface area contributed by atoms with Gasteiger partial charge in [-0.2, -0.15) is 0 Å². The number of hydrogen-bond acceptors (Lipinski definition) is 2. The Balaban J connectivity index is 2.68. The molecule has 1 aromatic carbocycles. The molecule has 1 atom stereocenters. The van der Waals surface area contributed by atoms with Crippen molar-refractivity contribution in [3.63, 3.8) is 0 Å². The maximum Gasteiger partial charge on any atom is 0.326 e. The highest BCUT2D eigenvalue weighted by molar-refractivity contribution is 9.10. The SMILES string of the molecule is Cc1cc(Br)cc(NC(=O)NC(CC(C)C)C(=O)O)c1. The Morgan fingerprint density at radius 3 is 2.45 bits per heavy atom. The number of nitrogens with one attached hydrogen (secondary N) is 2.